The van der Waals surface area contributed by atoms with Crippen molar-refractivity contribution in [2.45, 2.75) is 20.3 Å². The minimum absolute atomic E-state index is 0.288. The lowest BCUT2D eigenvalue weighted by atomic mass is 10.2. The average Bonchev–Trinajstić information content (AvgIpc) is 2.31. The minimum atomic E-state index is -0.288. The number of benzene rings is 1. The Morgan fingerprint density at radius 3 is 2.65 bits per heavy atom. The van der Waals surface area contributed by atoms with Crippen LogP contribution in [0.4, 0.5) is 15.8 Å². The summed E-state index contributed by atoms with van der Waals surface area (Å²) in [6, 6.07) is 4.74. The van der Waals surface area contributed by atoms with Crippen LogP contribution in [0.1, 0.15) is 20.3 Å². The minimum Gasteiger partial charge on any atom is -0.397 e. The molecule has 1 rings (SSSR count). The number of hydrogen-bond acceptors (Lipinski definition) is 3. The fourth-order valence-corrected chi connectivity index (χ4v) is 1.81. The predicted octanol–water partition coefficient (Wildman–Crippen LogP) is 2.55. The van der Waals surface area contributed by atoms with Crippen LogP contribution >= 0.6 is 0 Å². The molecule has 0 aromatic heterocycles. The van der Waals surface area contributed by atoms with Gasteiger partial charge in [0.15, 0.2) is 0 Å². The molecule has 1 aromatic carbocycles. The van der Waals surface area contributed by atoms with Crippen molar-refractivity contribution in [1.29, 1.82) is 0 Å². The number of likely N-dealkylation sites (N-methyl/N-ethyl adjacent to an activating group) is 1. The standard InChI is InChI=1S/C13H22FN3/c1-3-9-17(4-2)10-8-16-13-11(14)6-5-7-12(13)15/h5-7,16H,3-4,8-10,15H2,1-2H3. The van der Waals surface area contributed by atoms with Gasteiger partial charge in [0.25, 0.3) is 0 Å². The largest absolute Gasteiger partial charge is 0.397 e. The van der Waals surface area contributed by atoms with E-state index in [0.717, 1.165) is 26.1 Å². The van der Waals surface area contributed by atoms with Gasteiger partial charge < -0.3 is 16.0 Å². The molecule has 0 bridgehead atoms. The molecule has 0 spiro atoms. The van der Waals surface area contributed by atoms with Gasteiger partial charge in [0.2, 0.25) is 0 Å². The number of para-hydroxylation sites is 1. The molecule has 1 aromatic rings. The third kappa shape index (κ3) is 4.23. The number of nitrogens with one attached hydrogen (secondary N) is 1. The number of anilines is 2. The molecule has 0 heterocycles. The monoisotopic (exact) mass is 239 g/mol. The first kappa shape index (κ1) is 13.8. The van der Waals surface area contributed by atoms with E-state index in [1.807, 2.05) is 0 Å². The second-order valence-corrected chi connectivity index (χ2v) is 4.07. The van der Waals surface area contributed by atoms with E-state index in [2.05, 4.69) is 24.1 Å². The van der Waals surface area contributed by atoms with Crippen molar-refractivity contribution in [3.05, 3.63) is 24.0 Å². The van der Waals surface area contributed by atoms with E-state index in [9.17, 15) is 4.39 Å². The van der Waals surface area contributed by atoms with E-state index in [1.165, 1.54) is 6.07 Å². The summed E-state index contributed by atoms with van der Waals surface area (Å²) in [5.41, 5.74) is 6.59. The first-order valence-electron chi connectivity index (χ1n) is 6.19. The van der Waals surface area contributed by atoms with Gasteiger partial charge in [0, 0.05) is 13.1 Å². The molecule has 3 nitrogen and oxygen atoms in total. The fraction of sp³-hybridized carbons (Fsp3) is 0.538. The van der Waals surface area contributed by atoms with Gasteiger partial charge in [0.1, 0.15) is 5.82 Å². The lowest BCUT2D eigenvalue weighted by Gasteiger charge is -2.20. The van der Waals surface area contributed by atoms with Crippen LogP contribution in [0.15, 0.2) is 18.2 Å². The van der Waals surface area contributed by atoms with Crippen LogP contribution in [0.25, 0.3) is 0 Å². The van der Waals surface area contributed by atoms with Crippen LogP contribution in [0, 0.1) is 5.82 Å². The summed E-state index contributed by atoms with van der Waals surface area (Å²) >= 11 is 0. The maximum atomic E-state index is 13.4. The van der Waals surface area contributed by atoms with Gasteiger partial charge in [-0.05, 0) is 31.6 Å². The highest BCUT2D eigenvalue weighted by Crippen LogP contribution is 2.21. The molecule has 0 aliphatic heterocycles. The Hall–Kier alpha value is -1.29. The zero-order valence-corrected chi connectivity index (χ0v) is 10.7. The third-order valence-corrected chi connectivity index (χ3v) is 2.76. The Labute approximate surface area is 103 Å². The van der Waals surface area contributed by atoms with Gasteiger partial charge in [-0.2, -0.15) is 0 Å². The molecule has 96 valence electrons. The van der Waals surface area contributed by atoms with Gasteiger partial charge in [-0.1, -0.05) is 19.9 Å². The Morgan fingerprint density at radius 2 is 2.06 bits per heavy atom. The average molecular weight is 239 g/mol. The van der Waals surface area contributed by atoms with Crippen LogP contribution in [-0.2, 0) is 0 Å². The number of nitrogens with two attached hydrogens (primary N) is 1. The first-order valence-corrected chi connectivity index (χ1v) is 6.19. The highest BCUT2D eigenvalue weighted by atomic mass is 19.1. The zero-order valence-electron chi connectivity index (χ0n) is 10.7. The second-order valence-electron chi connectivity index (χ2n) is 4.07. The third-order valence-electron chi connectivity index (χ3n) is 2.76. The van der Waals surface area contributed by atoms with E-state index in [-0.39, 0.29) is 5.82 Å². The Balaban J connectivity index is 2.45. The quantitative estimate of drug-likeness (QED) is 0.718. The summed E-state index contributed by atoms with van der Waals surface area (Å²) < 4.78 is 13.4. The van der Waals surface area contributed by atoms with Crippen LogP contribution in [0.3, 0.4) is 0 Å². The normalized spacial score (nSPS) is 10.8. The van der Waals surface area contributed by atoms with Gasteiger partial charge in [-0.25, -0.2) is 4.39 Å². The molecule has 0 fully saturated rings. The van der Waals surface area contributed by atoms with Crippen LogP contribution in [0.2, 0.25) is 0 Å². The van der Waals surface area contributed by atoms with Gasteiger partial charge >= 0.3 is 0 Å². The van der Waals surface area contributed by atoms with Crippen LogP contribution in [0.5, 0.6) is 0 Å². The van der Waals surface area contributed by atoms with Crippen molar-refractivity contribution in [1.82, 2.24) is 4.90 Å². The first-order chi connectivity index (χ1) is 8.19. The number of nitrogens with zero attached hydrogens (tertiary/aromatic N) is 1. The molecule has 0 unspecified atom stereocenters. The Kier molecular flexibility index (Phi) is 5.77. The van der Waals surface area contributed by atoms with Crippen LogP contribution in [-0.4, -0.2) is 31.1 Å². The fourth-order valence-electron chi connectivity index (χ4n) is 1.81. The Morgan fingerprint density at radius 1 is 1.29 bits per heavy atom. The van der Waals surface area contributed by atoms with Crippen molar-refractivity contribution < 1.29 is 4.39 Å². The molecule has 4 heteroatoms. The topological polar surface area (TPSA) is 41.3 Å². The lowest BCUT2D eigenvalue weighted by Crippen LogP contribution is -2.29. The number of nitrogen functional groups attached to an aromatic ring is 1. The molecule has 3 N–H and O–H groups in total. The van der Waals surface area contributed by atoms with Crippen molar-refractivity contribution in [2.24, 2.45) is 0 Å². The predicted molar refractivity (Wildman–Crippen MR) is 71.7 cm³/mol. The number of halogens is 1. The van der Waals surface area contributed by atoms with E-state index in [1.54, 1.807) is 12.1 Å². The second kappa shape index (κ2) is 7.12. The number of hydrogen-bond donors (Lipinski definition) is 2. The molecule has 0 saturated heterocycles. The summed E-state index contributed by atoms with van der Waals surface area (Å²) in [6.07, 6.45) is 1.13. The maximum Gasteiger partial charge on any atom is 0.148 e. The molecular weight excluding hydrogens is 217 g/mol. The summed E-state index contributed by atoms with van der Waals surface area (Å²) in [6.45, 7) is 7.99. The highest BCUT2D eigenvalue weighted by Gasteiger charge is 2.06. The molecule has 0 aliphatic rings. The van der Waals surface area contributed by atoms with Gasteiger partial charge in [-0.15, -0.1) is 0 Å². The summed E-state index contributed by atoms with van der Waals surface area (Å²) in [5, 5.41) is 3.06. The highest BCUT2D eigenvalue weighted by molar-refractivity contribution is 5.66. The summed E-state index contributed by atoms with van der Waals surface area (Å²) in [7, 11) is 0. The van der Waals surface area contributed by atoms with Crippen molar-refractivity contribution in [3.8, 4) is 0 Å². The molecule has 0 saturated carbocycles. The van der Waals surface area contributed by atoms with E-state index in [4.69, 9.17) is 5.73 Å². The summed E-state index contributed by atoms with van der Waals surface area (Å²) in [4.78, 5) is 2.32. The van der Waals surface area contributed by atoms with Crippen molar-refractivity contribution >= 4 is 11.4 Å². The van der Waals surface area contributed by atoms with Crippen molar-refractivity contribution in [2.75, 3.05) is 37.2 Å². The van der Waals surface area contributed by atoms with Gasteiger partial charge in [0.05, 0.1) is 11.4 Å². The molecule has 0 aliphatic carbocycles. The Bertz CT molecular complexity index is 321. The zero-order chi connectivity index (χ0) is 12.7. The van der Waals surface area contributed by atoms with Crippen molar-refractivity contribution in [3.63, 3.8) is 0 Å². The molecular formula is C13H22FN3. The van der Waals surface area contributed by atoms with Gasteiger partial charge in [-0.3, -0.25) is 0 Å². The smallest absolute Gasteiger partial charge is 0.148 e. The van der Waals surface area contributed by atoms with E-state index in [0.29, 0.717) is 17.9 Å². The molecule has 0 amide bonds. The SMILES string of the molecule is CCCN(CC)CCNc1c(N)cccc1F. The summed E-state index contributed by atoms with van der Waals surface area (Å²) in [5.74, 6) is -0.288. The maximum absolute atomic E-state index is 13.4. The van der Waals surface area contributed by atoms with E-state index >= 15 is 0 Å². The molecule has 0 atom stereocenters. The molecule has 17 heavy (non-hydrogen) atoms. The number of rotatable bonds is 7. The molecule has 0 radical (unpaired) electrons. The lowest BCUT2D eigenvalue weighted by molar-refractivity contribution is 0.300. The van der Waals surface area contributed by atoms with E-state index < -0.39 is 0 Å². The van der Waals surface area contributed by atoms with Crippen LogP contribution < -0.4 is 11.1 Å².